The number of carbonyl (C=O) groups is 1. The first kappa shape index (κ1) is 18.3. The fourth-order valence-corrected chi connectivity index (χ4v) is 4.10. The van der Waals surface area contributed by atoms with Gasteiger partial charge >= 0.3 is 6.09 Å². The number of unbranched alkanes of at least 4 members (excludes halogenated alkanes) is 1. The standard InChI is InChI=1S/C15H30N2O3S/c1-6-7-10-16-21(5,19)13-8-11-17(12-9-13)14(18)20-15(2,3)4/h13H,6-12H2,1-5H3/t21-/m0/s1. The van der Waals surface area contributed by atoms with Gasteiger partial charge in [-0.2, -0.15) is 0 Å². The molecule has 1 saturated heterocycles. The summed E-state index contributed by atoms with van der Waals surface area (Å²) in [6.45, 7) is 9.58. The Morgan fingerprint density at radius 1 is 1.33 bits per heavy atom. The van der Waals surface area contributed by atoms with Gasteiger partial charge in [0.05, 0.1) is 0 Å². The first-order valence-corrected chi connectivity index (χ1v) is 9.79. The monoisotopic (exact) mass is 318 g/mol. The molecule has 0 bridgehead atoms. The van der Waals surface area contributed by atoms with E-state index in [4.69, 9.17) is 4.74 Å². The summed E-state index contributed by atoms with van der Waals surface area (Å²) >= 11 is 0. The number of hydrogen-bond acceptors (Lipinski definition) is 4. The maximum atomic E-state index is 12.6. The van der Waals surface area contributed by atoms with E-state index in [1.54, 1.807) is 11.2 Å². The highest BCUT2D eigenvalue weighted by molar-refractivity contribution is 7.93. The zero-order chi connectivity index (χ0) is 16.1. The van der Waals surface area contributed by atoms with Crippen LogP contribution in [0, 0.1) is 0 Å². The van der Waals surface area contributed by atoms with Crippen LogP contribution in [0.15, 0.2) is 4.36 Å². The van der Waals surface area contributed by atoms with Crippen molar-refractivity contribution in [3.8, 4) is 0 Å². The summed E-state index contributed by atoms with van der Waals surface area (Å²) in [5, 5.41) is 0.0908. The van der Waals surface area contributed by atoms with Crippen LogP contribution in [-0.4, -0.2) is 51.9 Å². The number of carbonyl (C=O) groups excluding carboxylic acids is 1. The second-order valence-electron chi connectivity index (χ2n) is 6.73. The molecule has 1 heterocycles. The van der Waals surface area contributed by atoms with E-state index in [0.717, 1.165) is 25.7 Å². The molecule has 1 amide bonds. The van der Waals surface area contributed by atoms with Gasteiger partial charge in [0.2, 0.25) is 0 Å². The topological polar surface area (TPSA) is 59.0 Å². The predicted molar refractivity (Wildman–Crippen MR) is 87.1 cm³/mol. The largest absolute Gasteiger partial charge is 0.444 e. The van der Waals surface area contributed by atoms with Gasteiger partial charge in [-0.25, -0.2) is 13.4 Å². The lowest BCUT2D eigenvalue weighted by atomic mass is 10.1. The summed E-state index contributed by atoms with van der Waals surface area (Å²) in [5.41, 5.74) is -0.471. The molecule has 6 heteroatoms. The van der Waals surface area contributed by atoms with Gasteiger partial charge in [-0.05, 0) is 40.0 Å². The van der Waals surface area contributed by atoms with E-state index in [1.165, 1.54) is 0 Å². The number of hydrogen-bond donors (Lipinski definition) is 0. The third kappa shape index (κ3) is 6.24. The molecular formula is C15H30N2O3S. The molecule has 0 aromatic heterocycles. The second kappa shape index (κ2) is 7.47. The van der Waals surface area contributed by atoms with Gasteiger partial charge in [-0.1, -0.05) is 13.3 Å². The summed E-state index contributed by atoms with van der Waals surface area (Å²) in [5.74, 6) is 0. The van der Waals surface area contributed by atoms with E-state index < -0.39 is 15.3 Å². The first-order chi connectivity index (χ1) is 9.65. The zero-order valence-electron chi connectivity index (χ0n) is 14.1. The predicted octanol–water partition coefficient (Wildman–Crippen LogP) is 3.28. The van der Waals surface area contributed by atoms with Crippen molar-refractivity contribution in [2.75, 3.05) is 25.9 Å². The lowest BCUT2D eigenvalue weighted by Gasteiger charge is -2.33. The number of nitrogens with zero attached hydrogens (tertiary/aromatic N) is 2. The molecule has 0 N–H and O–H groups in total. The van der Waals surface area contributed by atoms with Crippen molar-refractivity contribution in [2.24, 2.45) is 4.36 Å². The lowest BCUT2D eigenvalue weighted by molar-refractivity contribution is 0.0218. The molecule has 124 valence electrons. The van der Waals surface area contributed by atoms with Gasteiger partial charge in [-0.3, -0.25) is 0 Å². The summed E-state index contributed by atoms with van der Waals surface area (Å²) in [6.07, 6.45) is 5.02. The Kier molecular flexibility index (Phi) is 6.50. The maximum Gasteiger partial charge on any atom is 0.410 e. The quantitative estimate of drug-likeness (QED) is 0.747. The van der Waals surface area contributed by atoms with E-state index in [0.29, 0.717) is 19.6 Å². The van der Waals surface area contributed by atoms with Crippen LogP contribution in [0.25, 0.3) is 0 Å². The lowest BCUT2D eigenvalue weighted by Crippen LogP contribution is -2.44. The minimum atomic E-state index is -2.14. The second-order valence-corrected chi connectivity index (χ2v) is 9.38. The molecule has 1 aliphatic heterocycles. The smallest absolute Gasteiger partial charge is 0.410 e. The van der Waals surface area contributed by atoms with Gasteiger partial charge in [-0.15, -0.1) is 0 Å². The number of piperidine rings is 1. The SMILES string of the molecule is CCCCN=[S@@](C)(=O)C1CCN(C(=O)OC(C)(C)C)CC1. The molecule has 1 aliphatic rings. The van der Waals surface area contributed by atoms with Crippen LogP contribution in [0.3, 0.4) is 0 Å². The van der Waals surface area contributed by atoms with Gasteiger partial charge in [0.1, 0.15) is 5.60 Å². The van der Waals surface area contributed by atoms with Crippen LogP contribution in [0.1, 0.15) is 53.4 Å². The van der Waals surface area contributed by atoms with Crippen molar-refractivity contribution in [3.05, 3.63) is 0 Å². The van der Waals surface area contributed by atoms with Crippen molar-refractivity contribution in [2.45, 2.75) is 64.2 Å². The summed E-state index contributed by atoms with van der Waals surface area (Å²) in [7, 11) is -2.14. The van der Waals surface area contributed by atoms with Crippen LogP contribution in [-0.2, 0) is 14.5 Å². The molecule has 1 fully saturated rings. The Labute approximate surface area is 129 Å². The number of amides is 1. The fourth-order valence-electron chi connectivity index (χ4n) is 2.31. The molecule has 0 aromatic carbocycles. The van der Waals surface area contributed by atoms with Gasteiger partial charge in [0.25, 0.3) is 0 Å². The molecule has 21 heavy (non-hydrogen) atoms. The molecule has 0 unspecified atom stereocenters. The van der Waals surface area contributed by atoms with E-state index in [2.05, 4.69) is 11.3 Å². The van der Waals surface area contributed by atoms with E-state index in [1.807, 2.05) is 20.8 Å². The minimum absolute atomic E-state index is 0.0908. The average Bonchev–Trinajstić information content (AvgIpc) is 2.37. The Morgan fingerprint density at radius 3 is 2.38 bits per heavy atom. The molecule has 1 atom stereocenters. The summed E-state index contributed by atoms with van der Waals surface area (Å²) in [6, 6.07) is 0. The van der Waals surface area contributed by atoms with Gasteiger partial charge in [0, 0.05) is 40.9 Å². The molecule has 0 aliphatic carbocycles. The van der Waals surface area contributed by atoms with E-state index in [-0.39, 0.29) is 11.3 Å². The van der Waals surface area contributed by atoms with E-state index >= 15 is 0 Å². The van der Waals surface area contributed by atoms with E-state index in [9.17, 15) is 9.00 Å². The normalized spacial score (nSPS) is 20.0. The van der Waals surface area contributed by atoms with Crippen LogP contribution >= 0.6 is 0 Å². The van der Waals surface area contributed by atoms with Crippen LogP contribution < -0.4 is 0 Å². The average molecular weight is 318 g/mol. The maximum absolute atomic E-state index is 12.6. The van der Waals surface area contributed by atoms with Crippen molar-refractivity contribution < 1.29 is 13.7 Å². The van der Waals surface area contributed by atoms with Crippen molar-refractivity contribution in [1.82, 2.24) is 4.90 Å². The van der Waals surface area contributed by atoms with Crippen LogP contribution in [0.4, 0.5) is 4.79 Å². The van der Waals surface area contributed by atoms with Crippen LogP contribution in [0.2, 0.25) is 0 Å². The number of likely N-dealkylation sites (tertiary alicyclic amines) is 1. The highest BCUT2D eigenvalue weighted by atomic mass is 32.2. The van der Waals surface area contributed by atoms with Crippen LogP contribution in [0.5, 0.6) is 0 Å². The molecule has 1 rings (SSSR count). The molecule has 0 spiro atoms. The Hall–Kier alpha value is -0.780. The molecule has 0 aromatic rings. The van der Waals surface area contributed by atoms with Crippen molar-refractivity contribution in [3.63, 3.8) is 0 Å². The Morgan fingerprint density at radius 2 is 1.90 bits per heavy atom. The highest BCUT2D eigenvalue weighted by Crippen LogP contribution is 2.21. The van der Waals surface area contributed by atoms with Crippen molar-refractivity contribution >= 4 is 15.8 Å². The third-order valence-corrected chi connectivity index (χ3v) is 5.98. The highest BCUT2D eigenvalue weighted by Gasteiger charge is 2.30. The Bertz CT molecular complexity index is 454. The zero-order valence-corrected chi connectivity index (χ0v) is 14.9. The fraction of sp³-hybridized carbons (Fsp3) is 0.933. The molecule has 5 nitrogen and oxygen atoms in total. The molecule has 0 radical (unpaired) electrons. The third-order valence-electron chi connectivity index (χ3n) is 3.57. The van der Waals surface area contributed by atoms with Crippen molar-refractivity contribution in [1.29, 1.82) is 0 Å². The van der Waals surface area contributed by atoms with Gasteiger partial charge < -0.3 is 9.64 Å². The number of ether oxygens (including phenoxy) is 1. The Balaban J connectivity index is 2.54. The summed E-state index contributed by atoms with van der Waals surface area (Å²) < 4.78 is 22.4. The molecule has 0 saturated carbocycles. The number of rotatable bonds is 4. The van der Waals surface area contributed by atoms with Gasteiger partial charge in [0.15, 0.2) is 0 Å². The minimum Gasteiger partial charge on any atom is -0.444 e. The summed E-state index contributed by atoms with van der Waals surface area (Å²) in [4.78, 5) is 13.7. The first-order valence-electron chi connectivity index (χ1n) is 7.80. The molecular weight excluding hydrogens is 288 g/mol.